The minimum Gasteiger partial charge on any atom is -0.376 e. The van der Waals surface area contributed by atoms with Gasteiger partial charge >= 0.3 is 0 Å². The van der Waals surface area contributed by atoms with Gasteiger partial charge in [0.1, 0.15) is 6.33 Å². The molecule has 1 aromatic rings. The van der Waals surface area contributed by atoms with E-state index < -0.39 is 0 Å². The Kier molecular flexibility index (Phi) is 1.73. The quantitative estimate of drug-likeness (QED) is 0.666. The number of ether oxygens (including phenoxy) is 1. The van der Waals surface area contributed by atoms with Crippen LogP contribution < -0.4 is 4.90 Å². The van der Waals surface area contributed by atoms with Crippen LogP contribution in [0.2, 0.25) is 0 Å². The maximum Gasteiger partial charge on any atom is 0.205 e. The third kappa shape index (κ3) is 1.32. The second-order valence-corrected chi connectivity index (χ2v) is 4.44. The number of piperidine rings is 1. The van der Waals surface area contributed by atoms with Crippen LogP contribution in [0.4, 0.5) is 5.13 Å². The zero-order valence-electron chi connectivity index (χ0n) is 7.22. The molecule has 2 atom stereocenters. The second-order valence-electron chi connectivity index (χ2n) is 3.69. The van der Waals surface area contributed by atoms with E-state index in [9.17, 15) is 0 Å². The van der Waals surface area contributed by atoms with Crippen LogP contribution in [-0.4, -0.2) is 35.2 Å². The molecule has 2 aliphatic rings. The minimum absolute atomic E-state index is 0.433. The van der Waals surface area contributed by atoms with Crippen molar-refractivity contribution in [1.29, 1.82) is 0 Å². The van der Waals surface area contributed by atoms with Crippen LogP contribution in [0.5, 0.6) is 0 Å². The smallest absolute Gasteiger partial charge is 0.205 e. The Bertz CT molecular complexity index is 278. The molecule has 0 saturated carbocycles. The summed E-state index contributed by atoms with van der Waals surface area (Å²) < 4.78 is 9.64. The summed E-state index contributed by atoms with van der Waals surface area (Å²) in [5.41, 5.74) is 0. The summed E-state index contributed by atoms with van der Waals surface area (Å²) >= 11 is 1.47. The van der Waals surface area contributed by atoms with E-state index in [1.54, 1.807) is 6.33 Å². The van der Waals surface area contributed by atoms with Gasteiger partial charge in [-0.15, -0.1) is 0 Å². The van der Waals surface area contributed by atoms with Crippen molar-refractivity contribution in [3.05, 3.63) is 6.33 Å². The fourth-order valence-corrected chi connectivity index (χ4v) is 2.68. The van der Waals surface area contributed by atoms with Crippen molar-refractivity contribution in [2.75, 3.05) is 24.6 Å². The van der Waals surface area contributed by atoms with E-state index in [1.807, 2.05) is 0 Å². The number of nitrogens with zero attached hydrogens (tertiary/aromatic N) is 3. The molecule has 0 spiro atoms. The molecule has 3 heterocycles. The van der Waals surface area contributed by atoms with Gasteiger partial charge in [-0.2, -0.15) is 4.37 Å². The van der Waals surface area contributed by atoms with Crippen LogP contribution >= 0.6 is 11.5 Å². The molecule has 2 unspecified atom stereocenters. The van der Waals surface area contributed by atoms with E-state index in [-0.39, 0.29) is 0 Å². The minimum atomic E-state index is 0.433. The summed E-state index contributed by atoms with van der Waals surface area (Å²) in [7, 11) is 0. The third-order valence-electron chi connectivity index (χ3n) is 2.69. The van der Waals surface area contributed by atoms with Gasteiger partial charge in [0.15, 0.2) is 0 Å². The molecule has 0 radical (unpaired) electrons. The predicted molar refractivity (Wildman–Crippen MR) is 50.0 cm³/mol. The van der Waals surface area contributed by atoms with Gasteiger partial charge < -0.3 is 9.64 Å². The van der Waals surface area contributed by atoms with E-state index in [4.69, 9.17) is 4.74 Å². The number of anilines is 1. The standard InChI is InChI=1S/C8H11N3OS/c1-6-2-11(3-7(1)12-4-6)8-9-5-10-13-8/h5-7H,1-4H2. The van der Waals surface area contributed by atoms with Crippen LogP contribution in [0.3, 0.4) is 0 Å². The highest BCUT2D eigenvalue weighted by molar-refractivity contribution is 7.09. The summed E-state index contributed by atoms with van der Waals surface area (Å²) in [5, 5.41) is 1.04. The highest BCUT2D eigenvalue weighted by atomic mass is 32.1. The van der Waals surface area contributed by atoms with Gasteiger partial charge in [0.25, 0.3) is 0 Å². The van der Waals surface area contributed by atoms with E-state index >= 15 is 0 Å². The Morgan fingerprint density at radius 1 is 1.54 bits per heavy atom. The van der Waals surface area contributed by atoms with E-state index in [2.05, 4.69) is 14.3 Å². The van der Waals surface area contributed by atoms with Gasteiger partial charge in [0, 0.05) is 30.5 Å². The first kappa shape index (κ1) is 7.70. The topological polar surface area (TPSA) is 38.2 Å². The van der Waals surface area contributed by atoms with Gasteiger partial charge in [-0.25, -0.2) is 4.98 Å². The molecule has 0 amide bonds. The normalized spacial score (nSPS) is 32.5. The van der Waals surface area contributed by atoms with Crippen LogP contribution in [-0.2, 0) is 4.74 Å². The van der Waals surface area contributed by atoms with Crippen molar-refractivity contribution >= 4 is 16.7 Å². The molecule has 70 valence electrons. The van der Waals surface area contributed by atoms with Crippen LogP contribution in [0.25, 0.3) is 0 Å². The molecule has 2 bridgehead atoms. The van der Waals surface area contributed by atoms with Crippen LogP contribution in [0, 0.1) is 5.92 Å². The predicted octanol–water partition coefficient (Wildman–Crippen LogP) is 0.763. The monoisotopic (exact) mass is 197 g/mol. The molecule has 4 nitrogen and oxygen atoms in total. The number of hydrogen-bond donors (Lipinski definition) is 0. The third-order valence-corrected chi connectivity index (χ3v) is 3.41. The highest BCUT2D eigenvalue weighted by Gasteiger charge is 2.34. The molecule has 3 rings (SSSR count). The maximum absolute atomic E-state index is 5.62. The number of aromatic nitrogens is 2. The second kappa shape index (κ2) is 2.92. The Labute approximate surface area is 80.7 Å². The van der Waals surface area contributed by atoms with Crippen molar-refractivity contribution in [3.8, 4) is 0 Å². The van der Waals surface area contributed by atoms with Crippen LogP contribution in [0.1, 0.15) is 6.42 Å². The molecular formula is C8H11N3OS. The van der Waals surface area contributed by atoms with Crippen molar-refractivity contribution < 1.29 is 4.74 Å². The Balaban J connectivity index is 1.80. The molecule has 0 aromatic carbocycles. The van der Waals surface area contributed by atoms with Gasteiger partial charge in [-0.05, 0) is 6.42 Å². The zero-order chi connectivity index (χ0) is 8.67. The fraction of sp³-hybridized carbons (Fsp3) is 0.750. The van der Waals surface area contributed by atoms with Crippen molar-refractivity contribution in [3.63, 3.8) is 0 Å². The summed E-state index contributed by atoms with van der Waals surface area (Å²) in [6.07, 6.45) is 3.29. The van der Waals surface area contributed by atoms with Gasteiger partial charge in [0.05, 0.1) is 12.7 Å². The van der Waals surface area contributed by atoms with E-state index in [1.165, 1.54) is 18.0 Å². The van der Waals surface area contributed by atoms with E-state index in [0.29, 0.717) is 12.0 Å². The molecule has 2 fully saturated rings. The molecule has 0 N–H and O–H groups in total. The molecule has 13 heavy (non-hydrogen) atoms. The van der Waals surface area contributed by atoms with Crippen LogP contribution in [0.15, 0.2) is 6.33 Å². The molecule has 1 aromatic heterocycles. The summed E-state index contributed by atoms with van der Waals surface area (Å²) in [6.45, 7) is 3.01. The zero-order valence-corrected chi connectivity index (χ0v) is 8.04. The first-order chi connectivity index (χ1) is 6.42. The molecular weight excluding hydrogens is 186 g/mol. The summed E-state index contributed by atoms with van der Waals surface area (Å²) in [5.74, 6) is 0.711. The Morgan fingerprint density at radius 3 is 3.31 bits per heavy atom. The number of rotatable bonds is 1. The average Bonchev–Trinajstić information content (AvgIpc) is 2.75. The van der Waals surface area contributed by atoms with Crippen molar-refractivity contribution in [2.24, 2.45) is 5.92 Å². The summed E-state index contributed by atoms with van der Waals surface area (Å²) in [4.78, 5) is 6.51. The SMILES string of the molecule is c1nsc(N2CC3COC(C3)C2)n1. The lowest BCUT2D eigenvalue weighted by molar-refractivity contribution is 0.119. The first-order valence-corrected chi connectivity index (χ1v) is 5.32. The summed E-state index contributed by atoms with van der Waals surface area (Å²) in [6, 6.07) is 0. The van der Waals surface area contributed by atoms with Crippen molar-refractivity contribution in [2.45, 2.75) is 12.5 Å². The van der Waals surface area contributed by atoms with Crippen molar-refractivity contribution in [1.82, 2.24) is 9.36 Å². The Hall–Kier alpha value is -0.680. The molecule has 2 saturated heterocycles. The van der Waals surface area contributed by atoms with E-state index in [0.717, 1.165) is 24.8 Å². The van der Waals surface area contributed by atoms with Gasteiger partial charge in [0.2, 0.25) is 5.13 Å². The lowest BCUT2D eigenvalue weighted by atomic mass is 10.0. The van der Waals surface area contributed by atoms with Gasteiger partial charge in [-0.3, -0.25) is 0 Å². The lowest BCUT2D eigenvalue weighted by Gasteiger charge is -2.29. The maximum atomic E-state index is 5.62. The first-order valence-electron chi connectivity index (χ1n) is 4.55. The van der Waals surface area contributed by atoms with Gasteiger partial charge in [-0.1, -0.05) is 0 Å². The lowest BCUT2D eigenvalue weighted by Crippen LogP contribution is -2.39. The fourth-order valence-electron chi connectivity index (χ4n) is 2.13. The largest absolute Gasteiger partial charge is 0.376 e. The highest BCUT2D eigenvalue weighted by Crippen LogP contribution is 2.30. The number of fused-ring (bicyclic) bond motifs is 2. The average molecular weight is 197 g/mol. The molecule has 2 aliphatic heterocycles. The molecule has 0 aliphatic carbocycles. The molecule has 5 heteroatoms. The number of hydrogen-bond acceptors (Lipinski definition) is 5. The Morgan fingerprint density at radius 2 is 2.54 bits per heavy atom.